The second-order valence-electron chi connectivity index (χ2n) is 7.87. The summed E-state index contributed by atoms with van der Waals surface area (Å²) in [7, 11) is 2.10. The van der Waals surface area contributed by atoms with Crippen molar-refractivity contribution in [1.29, 1.82) is 0 Å². The van der Waals surface area contributed by atoms with Crippen molar-refractivity contribution < 1.29 is 4.79 Å². The Bertz CT molecular complexity index is 882. The molecule has 1 amide bonds. The van der Waals surface area contributed by atoms with Gasteiger partial charge in [-0.3, -0.25) is 4.79 Å². The fourth-order valence-electron chi connectivity index (χ4n) is 3.32. The van der Waals surface area contributed by atoms with Gasteiger partial charge in [0, 0.05) is 33.6 Å². The maximum atomic E-state index is 12.9. The van der Waals surface area contributed by atoms with Gasteiger partial charge in [-0.15, -0.1) is 0 Å². The average molecular weight is 488 g/mol. The maximum absolute atomic E-state index is 12.9. The van der Waals surface area contributed by atoms with E-state index in [2.05, 4.69) is 82.4 Å². The predicted octanol–water partition coefficient (Wildman–Crippen LogP) is 5.33. The number of amides is 1. The van der Waals surface area contributed by atoms with Crippen LogP contribution >= 0.6 is 15.9 Å². The van der Waals surface area contributed by atoms with Crippen molar-refractivity contribution in [2.45, 2.75) is 46.5 Å². The first-order chi connectivity index (χ1) is 14.8. The SMILES string of the molecule is C=Cc1cnc(N/C(=C/C(NC(=O)C2CCN(C)CC2)=C(/C)CC)CC)nc1C(=C)Br. The van der Waals surface area contributed by atoms with E-state index < -0.39 is 0 Å². The molecule has 0 bridgehead atoms. The molecular weight excluding hydrogens is 454 g/mol. The summed E-state index contributed by atoms with van der Waals surface area (Å²) in [6.07, 6.45) is 8.80. The molecule has 168 valence electrons. The van der Waals surface area contributed by atoms with Gasteiger partial charge in [-0.2, -0.15) is 0 Å². The van der Waals surface area contributed by atoms with Crippen molar-refractivity contribution in [3.8, 4) is 0 Å². The average Bonchev–Trinajstić information content (AvgIpc) is 2.77. The number of carbonyl (C=O) groups excluding carboxylic acids is 1. The molecule has 1 aromatic rings. The number of carbonyl (C=O) groups is 1. The van der Waals surface area contributed by atoms with Crippen LogP contribution in [0.25, 0.3) is 10.6 Å². The van der Waals surface area contributed by atoms with Crippen LogP contribution in [0.2, 0.25) is 0 Å². The van der Waals surface area contributed by atoms with Crippen LogP contribution in [-0.2, 0) is 4.79 Å². The largest absolute Gasteiger partial charge is 0.328 e. The number of rotatable bonds is 9. The molecule has 2 N–H and O–H groups in total. The highest BCUT2D eigenvalue weighted by Gasteiger charge is 2.24. The molecule has 0 saturated carbocycles. The Morgan fingerprint density at radius 1 is 1.32 bits per heavy atom. The van der Waals surface area contributed by atoms with Gasteiger partial charge < -0.3 is 15.5 Å². The number of nitrogens with one attached hydrogen (secondary N) is 2. The monoisotopic (exact) mass is 487 g/mol. The van der Waals surface area contributed by atoms with E-state index in [-0.39, 0.29) is 11.8 Å². The number of likely N-dealkylation sites (tertiary alicyclic amines) is 1. The topological polar surface area (TPSA) is 70.2 Å². The van der Waals surface area contributed by atoms with Gasteiger partial charge >= 0.3 is 0 Å². The quantitative estimate of drug-likeness (QED) is 0.460. The van der Waals surface area contributed by atoms with E-state index in [4.69, 9.17) is 0 Å². The summed E-state index contributed by atoms with van der Waals surface area (Å²) < 4.78 is 0.669. The highest BCUT2D eigenvalue weighted by Crippen LogP contribution is 2.23. The molecule has 0 atom stereocenters. The van der Waals surface area contributed by atoms with E-state index in [1.807, 2.05) is 6.08 Å². The normalized spacial score (nSPS) is 16.5. The third-order valence-electron chi connectivity index (χ3n) is 5.60. The smallest absolute Gasteiger partial charge is 0.227 e. The Morgan fingerprint density at radius 2 is 2.00 bits per heavy atom. The van der Waals surface area contributed by atoms with E-state index in [1.165, 1.54) is 0 Å². The number of allylic oxidation sites excluding steroid dienone is 3. The molecule has 0 unspecified atom stereocenters. The Hall–Kier alpha value is -2.25. The van der Waals surface area contributed by atoms with Gasteiger partial charge in [0.1, 0.15) is 0 Å². The molecule has 0 radical (unpaired) electrons. The molecule has 2 heterocycles. The van der Waals surface area contributed by atoms with Crippen molar-refractivity contribution in [2.75, 3.05) is 25.5 Å². The van der Waals surface area contributed by atoms with E-state index >= 15 is 0 Å². The van der Waals surface area contributed by atoms with Gasteiger partial charge in [0.2, 0.25) is 11.9 Å². The highest BCUT2D eigenvalue weighted by molar-refractivity contribution is 9.15. The molecule has 0 aromatic carbocycles. The van der Waals surface area contributed by atoms with Crippen molar-refractivity contribution in [3.05, 3.63) is 53.7 Å². The Morgan fingerprint density at radius 3 is 2.55 bits per heavy atom. The minimum Gasteiger partial charge on any atom is -0.328 e. The summed E-state index contributed by atoms with van der Waals surface area (Å²) in [5.74, 6) is 0.640. The van der Waals surface area contributed by atoms with Crippen molar-refractivity contribution in [2.24, 2.45) is 5.92 Å². The fraction of sp³-hybridized carbons (Fsp3) is 0.458. The number of nitrogens with zero attached hydrogens (tertiary/aromatic N) is 3. The van der Waals surface area contributed by atoms with Crippen molar-refractivity contribution in [1.82, 2.24) is 20.2 Å². The molecule has 7 heteroatoms. The van der Waals surface area contributed by atoms with Crippen LogP contribution in [0.5, 0.6) is 0 Å². The van der Waals surface area contributed by atoms with Crippen molar-refractivity contribution in [3.63, 3.8) is 0 Å². The minimum atomic E-state index is 0.0598. The van der Waals surface area contributed by atoms with Gasteiger partial charge in [-0.25, -0.2) is 9.97 Å². The first-order valence-corrected chi connectivity index (χ1v) is 11.6. The number of aromatic nitrogens is 2. The summed E-state index contributed by atoms with van der Waals surface area (Å²) in [5, 5.41) is 6.47. The summed E-state index contributed by atoms with van der Waals surface area (Å²) >= 11 is 3.40. The van der Waals surface area contributed by atoms with Gasteiger partial charge in [-0.05, 0) is 80.3 Å². The zero-order valence-electron chi connectivity index (χ0n) is 19.1. The van der Waals surface area contributed by atoms with Crippen LogP contribution in [0.3, 0.4) is 0 Å². The lowest BCUT2D eigenvalue weighted by molar-refractivity contribution is -0.125. The molecule has 1 aliphatic heterocycles. The molecular formula is C24H34BrN5O. The summed E-state index contributed by atoms with van der Waals surface area (Å²) in [6, 6.07) is 0. The second kappa shape index (κ2) is 12.0. The van der Waals surface area contributed by atoms with Crippen LogP contribution in [0, 0.1) is 5.92 Å². The number of hydrogen-bond acceptors (Lipinski definition) is 5. The van der Waals surface area contributed by atoms with Crippen LogP contribution < -0.4 is 10.6 Å². The first kappa shape index (κ1) is 25.0. The lowest BCUT2D eigenvalue weighted by atomic mass is 9.96. The van der Waals surface area contributed by atoms with Gasteiger partial charge in [0.05, 0.1) is 5.69 Å². The lowest BCUT2D eigenvalue weighted by Crippen LogP contribution is -2.38. The van der Waals surface area contributed by atoms with Crippen LogP contribution in [-0.4, -0.2) is 40.9 Å². The van der Waals surface area contributed by atoms with Gasteiger partial charge in [-0.1, -0.05) is 33.1 Å². The van der Waals surface area contributed by atoms with Crippen molar-refractivity contribution >= 4 is 38.3 Å². The highest BCUT2D eigenvalue weighted by atomic mass is 79.9. The Kier molecular flexibility index (Phi) is 9.65. The molecule has 1 aliphatic rings. The van der Waals surface area contributed by atoms with Gasteiger partial charge in [0.15, 0.2) is 0 Å². The van der Waals surface area contributed by atoms with E-state index in [0.717, 1.165) is 61.3 Å². The fourth-order valence-corrected chi connectivity index (χ4v) is 3.64. The number of piperidine rings is 1. The van der Waals surface area contributed by atoms with E-state index in [0.29, 0.717) is 16.1 Å². The molecule has 1 saturated heterocycles. The molecule has 0 spiro atoms. The standard InChI is InChI=1S/C24H34BrN5O/c1-7-16(4)21(28-23(31)19-10-12-30(6)13-11-19)14-20(9-3)27-24-26-15-18(8-2)22(29-24)17(5)25/h8,14-15,19H,2,5,7,9-13H2,1,3-4,6H3,(H,28,31)(H,26,27,29)/b20-14+,21-16+. The molecule has 6 nitrogen and oxygen atoms in total. The lowest BCUT2D eigenvalue weighted by Gasteiger charge is -2.28. The summed E-state index contributed by atoms with van der Waals surface area (Å²) in [6.45, 7) is 15.8. The summed E-state index contributed by atoms with van der Waals surface area (Å²) in [5.41, 5.74) is 4.40. The van der Waals surface area contributed by atoms with Crippen LogP contribution in [0.1, 0.15) is 57.7 Å². The Balaban J connectivity index is 2.23. The van der Waals surface area contributed by atoms with Crippen LogP contribution in [0.15, 0.2) is 42.4 Å². The third kappa shape index (κ3) is 7.14. The zero-order chi connectivity index (χ0) is 23.0. The number of anilines is 1. The third-order valence-corrected chi connectivity index (χ3v) is 5.98. The number of halogens is 1. The van der Waals surface area contributed by atoms with E-state index in [9.17, 15) is 4.79 Å². The molecule has 1 aromatic heterocycles. The Labute approximate surface area is 194 Å². The molecule has 0 aliphatic carbocycles. The zero-order valence-corrected chi connectivity index (χ0v) is 20.7. The first-order valence-electron chi connectivity index (χ1n) is 10.8. The van der Waals surface area contributed by atoms with E-state index in [1.54, 1.807) is 12.3 Å². The number of hydrogen-bond donors (Lipinski definition) is 2. The molecule has 31 heavy (non-hydrogen) atoms. The molecule has 2 rings (SSSR count). The second-order valence-corrected chi connectivity index (χ2v) is 8.83. The maximum Gasteiger partial charge on any atom is 0.227 e. The minimum absolute atomic E-state index is 0.0598. The van der Waals surface area contributed by atoms with Crippen LogP contribution in [0.4, 0.5) is 5.95 Å². The predicted molar refractivity (Wildman–Crippen MR) is 133 cm³/mol. The summed E-state index contributed by atoms with van der Waals surface area (Å²) in [4.78, 5) is 24.1. The molecule has 1 fully saturated rings. The van der Waals surface area contributed by atoms with Gasteiger partial charge in [0.25, 0.3) is 0 Å².